The van der Waals surface area contributed by atoms with Crippen molar-refractivity contribution in [1.82, 2.24) is 19.9 Å². The molecule has 0 spiro atoms. The summed E-state index contributed by atoms with van der Waals surface area (Å²) in [5.41, 5.74) is 1.93. The van der Waals surface area contributed by atoms with Crippen molar-refractivity contribution in [1.29, 1.82) is 0 Å². The lowest BCUT2D eigenvalue weighted by Gasteiger charge is -2.47. The molecule has 1 aliphatic carbocycles. The summed E-state index contributed by atoms with van der Waals surface area (Å²) in [6.07, 6.45) is 3.51. The van der Waals surface area contributed by atoms with Gasteiger partial charge in [-0.15, -0.1) is 5.10 Å². The molecule has 1 aromatic carbocycles. The van der Waals surface area contributed by atoms with Gasteiger partial charge in [-0.3, -0.25) is 0 Å². The Morgan fingerprint density at radius 3 is 2.75 bits per heavy atom. The third-order valence-electron chi connectivity index (χ3n) is 4.44. The van der Waals surface area contributed by atoms with E-state index >= 15 is 0 Å². The van der Waals surface area contributed by atoms with Crippen LogP contribution in [0.5, 0.6) is 0 Å². The van der Waals surface area contributed by atoms with Gasteiger partial charge >= 0.3 is 5.97 Å². The number of carboxylic acid groups (broad SMARTS) is 1. The zero-order chi connectivity index (χ0) is 14.3. The molecule has 6 heteroatoms. The molecular weight excluding hydrogens is 256 g/mol. The second-order valence-electron chi connectivity index (χ2n) is 5.73. The number of nitrogens with zero attached hydrogens (tertiary/aromatic N) is 4. The molecule has 0 radical (unpaired) electrons. The van der Waals surface area contributed by atoms with Crippen molar-refractivity contribution >= 4 is 17.0 Å². The number of aromatic nitrogens is 3. The van der Waals surface area contributed by atoms with Gasteiger partial charge in [-0.2, -0.15) is 0 Å². The van der Waals surface area contributed by atoms with Gasteiger partial charge in [-0.1, -0.05) is 5.21 Å². The minimum atomic E-state index is -0.925. The van der Waals surface area contributed by atoms with Crippen molar-refractivity contribution in [2.45, 2.75) is 31.3 Å². The van der Waals surface area contributed by atoms with E-state index < -0.39 is 5.97 Å². The van der Waals surface area contributed by atoms with Crippen molar-refractivity contribution in [2.24, 2.45) is 0 Å². The Bertz CT molecular complexity index is 658. The second kappa shape index (κ2) is 4.56. The molecule has 3 rings (SSSR count). The van der Waals surface area contributed by atoms with Gasteiger partial charge < -0.3 is 10.0 Å². The number of fused-ring (bicyclic) bond motifs is 1. The first kappa shape index (κ1) is 13.1. The Morgan fingerprint density at radius 1 is 1.45 bits per heavy atom. The normalized spacial score (nSPS) is 17.4. The predicted octanol–water partition coefficient (Wildman–Crippen LogP) is 1.61. The molecule has 0 atom stereocenters. The van der Waals surface area contributed by atoms with Crippen molar-refractivity contribution in [3.05, 3.63) is 23.8 Å². The fourth-order valence-electron chi connectivity index (χ4n) is 2.83. The SMILES string of the molecule is CN(C)C1(Cn2nnc3ccc(C(=O)O)cc32)CCC1. The smallest absolute Gasteiger partial charge is 0.335 e. The summed E-state index contributed by atoms with van der Waals surface area (Å²) < 4.78 is 1.83. The first-order chi connectivity index (χ1) is 9.52. The Hall–Kier alpha value is -1.95. The molecule has 20 heavy (non-hydrogen) atoms. The van der Waals surface area contributed by atoms with Gasteiger partial charge in [0.25, 0.3) is 0 Å². The van der Waals surface area contributed by atoms with Crippen LogP contribution in [-0.4, -0.2) is 50.6 Å². The first-order valence-electron chi connectivity index (χ1n) is 6.76. The Morgan fingerprint density at radius 2 is 2.20 bits per heavy atom. The number of hydrogen-bond donors (Lipinski definition) is 1. The second-order valence-corrected chi connectivity index (χ2v) is 5.73. The summed E-state index contributed by atoms with van der Waals surface area (Å²) in [4.78, 5) is 13.3. The average molecular weight is 274 g/mol. The quantitative estimate of drug-likeness (QED) is 0.917. The monoisotopic (exact) mass is 274 g/mol. The van der Waals surface area contributed by atoms with Crippen molar-refractivity contribution in [3.63, 3.8) is 0 Å². The number of aromatic carboxylic acids is 1. The van der Waals surface area contributed by atoms with Crippen molar-refractivity contribution < 1.29 is 9.90 Å². The Labute approximate surface area is 117 Å². The molecule has 2 aromatic rings. The molecule has 1 saturated carbocycles. The minimum absolute atomic E-state index is 0.125. The minimum Gasteiger partial charge on any atom is -0.478 e. The van der Waals surface area contributed by atoms with Gasteiger partial charge in [0.15, 0.2) is 0 Å². The number of carbonyl (C=O) groups is 1. The highest BCUT2D eigenvalue weighted by Gasteiger charge is 2.40. The molecular formula is C14H18N4O2. The van der Waals surface area contributed by atoms with E-state index in [-0.39, 0.29) is 11.1 Å². The van der Waals surface area contributed by atoms with E-state index in [0.717, 1.165) is 30.4 Å². The molecule has 1 heterocycles. The summed E-state index contributed by atoms with van der Waals surface area (Å²) in [5.74, 6) is -0.925. The largest absolute Gasteiger partial charge is 0.478 e. The third kappa shape index (κ3) is 1.96. The predicted molar refractivity (Wildman–Crippen MR) is 74.8 cm³/mol. The number of rotatable bonds is 4. The van der Waals surface area contributed by atoms with Gasteiger partial charge in [0, 0.05) is 5.54 Å². The highest BCUT2D eigenvalue weighted by molar-refractivity contribution is 5.92. The van der Waals surface area contributed by atoms with Crippen LogP contribution in [0.1, 0.15) is 29.6 Å². The average Bonchev–Trinajstić information content (AvgIpc) is 2.75. The standard InChI is InChI=1S/C14H18N4O2/c1-17(2)14(6-3-7-14)9-18-12-8-10(13(19)20)4-5-11(12)15-16-18/h4-5,8H,3,6-7,9H2,1-2H3,(H,19,20). The van der Waals surface area contributed by atoms with Crippen LogP contribution in [0.3, 0.4) is 0 Å². The van der Waals surface area contributed by atoms with Crippen LogP contribution in [0.4, 0.5) is 0 Å². The highest BCUT2D eigenvalue weighted by atomic mass is 16.4. The third-order valence-corrected chi connectivity index (χ3v) is 4.44. The number of hydrogen-bond acceptors (Lipinski definition) is 4. The van der Waals surface area contributed by atoms with E-state index in [2.05, 4.69) is 29.3 Å². The molecule has 1 aromatic heterocycles. The summed E-state index contributed by atoms with van der Waals surface area (Å²) in [6.45, 7) is 0.750. The molecule has 0 amide bonds. The topological polar surface area (TPSA) is 71.2 Å². The fourth-order valence-corrected chi connectivity index (χ4v) is 2.83. The van der Waals surface area contributed by atoms with Crippen LogP contribution in [0.25, 0.3) is 11.0 Å². The zero-order valence-corrected chi connectivity index (χ0v) is 11.7. The van der Waals surface area contributed by atoms with Crippen molar-refractivity contribution in [2.75, 3.05) is 14.1 Å². The molecule has 0 saturated heterocycles. The number of carboxylic acids is 1. The first-order valence-corrected chi connectivity index (χ1v) is 6.76. The highest BCUT2D eigenvalue weighted by Crippen LogP contribution is 2.37. The summed E-state index contributed by atoms with van der Waals surface area (Å²) in [5, 5.41) is 17.4. The summed E-state index contributed by atoms with van der Waals surface area (Å²) in [6, 6.07) is 4.93. The van der Waals surface area contributed by atoms with Crippen LogP contribution >= 0.6 is 0 Å². The molecule has 0 aliphatic heterocycles. The van der Waals surface area contributed by atoms with Crippen LogP contribution in [-0.2, 0) is 6.54 Å². The van der Waals surface area contributed by atoms with E-state index in [1.807, 2.05) is 4.68 Å². The molecule has 1 aliphatic rings. The summed E-state index contributed by atoms with van der Waals surface area (Å²) in [7, 11) is 4.17. The van der Waals surface area contributed by atoms with Gasteiger partial charge in [0.1, 0.15) is 5.52 Å². The zero-order valence-electron chi connectivity index (χ0n) is 11.7. The molecule has 0 unspecified atom stereocenters. The van der Waals surface area contributed by atoms with E-state index in [1.54, 1.807) is 18.2 Å². The maximum atomic E-state index is 11.1. The number of likely N-dealkylation sites (N-methyl/N-ethyl adjacent to an activating group) is 1. The fraction of sp³-hybridized carbons (Fsp3) is 0.500. The van der Waals surface area contributed by atoms with Crippen LogP contribution < -0.4 is 0 Å². The molecule has 1 N–H and O–H groups in total. The van der Waals surface area contributed by atoms with E-state index in [0.29, 0.717) is 0 Å². The maximum Gasteiger partial charge on any atom is 0.335 e. The Kier molecular flexibility index (Phi) is 2.97. The van der Waals surface area contributed by atoms with Gasteiger partial charge in [-0.25, -0.2) is 9.48 Å². The van der Waals surface area contributed by atoms with E-state index in [9.17, 15) is 4.79 Å². The molecule has 0 bridgehead atoms. The lowest BCUT2D eigenvalue weighted by atomic mass is 9.75. The van der Waals surface area contributed by atoms with Gasteiger partial charge in [0.2, 0.25) is 0 Å². The van der Waals surface area contributed by atoms with Crippen LogP contribution in [0.2, 0.25) is 0 Å². The molecule has 1 fully saturated rings. The van der Waals surface area contributed by atoms with Crippen LogP contribution in [0, 0.1) is 0 Å². The van der Waals surface area contributed by atoms with Crippen LogP contribution in [0.15, 0.2) is 18.2 Å². The lowest BCUT2D eigenvalue weighted by molar-refractivity contribution is 0.0396. The van der Waals surface area contributed by atoms with Crippen molar-refractivity contribution in [3.8, 4) is 0 Å². The Balaban J connectivity index is 1.99. The number of benzene rings is 1. The van der Waals surface area contributed by atoms with E-state index in [1.165, 1.54) is 6.42 Å². The van der Waals surface area contributed by atoms with E-state index in [4.69, 9.17) is 5.11 Å². The lowest BCUT2D eigenvalue weighted by Crippen LogP contribution is -2.53. The summed E-state index contributed by atoms with van der Waals surface area (Å²) >= 11 is 0. The van der Waals surface area contributed by atoms with Gasteiger partial charge in [-0.05, 0) is 51.6 Å². The van der Waals surface area contributed by atoms with Gasteiger partial charge in [0.05, 0.1) is 17.6 Å². The molecule has 6 nitrogen and oxygen atoms in total. The maximum absolute atomic E-state index is 11.1. The molecule has 106 valence electrons.